The number of rotatable bonds is 2. The highest BCUT2D eigenvalue weighted by Crippen LogP contribution is 2.41. The molecule has 1 unspecified atom stereocenters. The first-order valence-electron chi connectivity index (χ1n) is 9.35. The van der Waals surface area contributed by atoms with E-state index in [1.807, 2.05) is 38.7 Å². The molecule has 1 aromatic rings. The van der Waals surface area contributed by atoms with Crippen molar-refractivity contribution in [2.24, 2.45) is 5.10 Å². The summed E-state index contributed by atoms with van der Waals surface area (Å²) in [6.45, 7) is 8.65. The minimum Gasteiger partial charge on any atom is -0.398 e. The van der Waals surface area contributed by atoms with Crippen LogP contribution in [0.15, 0.2) is 35.1 Å². The van der Waals surface area contributed by atoms with Crippen LogP contribution < -0.4 is 16.1 Å². The zero-order chi connectivity index (χ0) is 18.8. The van der Waals surface area contributed by atoms with Crippen molar-refractivity contribution in [3.63, 3.8) is 0 Å². The zero-order valence-corrected chi connectivity index (χ0v) is 16.1. The molecule has 5 heteroatoms. The number of benzene rings is 1. The first kappa shape index (κ1) is 18.2. The lowest BCUT2D eigenvalue weighted by Crippen LogP contribution is -2.27. The number of fused-ring (bicyclic) bond motifs is 1. The first-order chi connectivity index (χ1) is 12.4. The van der Waals surface area contributed by atoms with Crippen LogP contribution in [0.3, 0.4) is 0 Å². The standard InChI is InChI=1S/C21H28N4O/c1-5-25-20-12-18(19(22)11-17(20)15(4)21(25)26)16-9-7-6-8-13(2)23-24-14(3)10-16/h8,10-12,15,23H,5-7,9,22H2,1-4H3/b13-8+,16-10+,24-14+. The van der Waals surface area contributed by atoms with Crippen LogP contribution in [0.5, 0.6) is 0 Å². The maximum Gasteiger partial charge on any atom is 0.234 e. The van der Waals surface area contributed by atoms with Crippen LogP contribution in [0.1, 0.15) is 64.0 Å². The molecule has 2 aliphatic heterocycles. The van der Waals surface area contributed by atoms with Gasteiger partial charge in [0.25, 0.3) is 0 Å². The number of nitrogens with two attached hydrogens (primary N) is 1. The third-order valence-corrected chi connectivity index (χ3v) is 5.15. The molecular formula is C21H28N4O. The molecule has 1 amide bonds. The summed E-state index contributed by atoms with van der Waals surface area (Å²) in [6, 6.07) is 4.08. The monoisotopic (exact) mass is 352 g/mol. The molecular weight excluding hydrogens is 324 g/mol. The van der Waals surface area contributed by atoms with Gasteiger partial charge in [-0.2, -0.15) is 5.10 Å². The fourth-order valence-corrected chi connectivity index (χ4v) is 3.70. The predicted octanol–water partition coefficient (Wildman–Crippen LogP) is 4.18. The van der Waals surface area contributed by atoms with Crippen molar-refractivity contribution in [3.8, 4) is 0 Å². The van der Waals surface area contributed by atoms with Crippen molar-refractivity contribution >= 4 is 28.6 Å². The maximum atomic E-state index is 12.5. The van der Waals surface area contributed by atoms with Gasteiger partial charge in [-0.05, 0) is 76.3 Å². The molecule has 3 rings (SSSR count). The van der Waals surface area contributed by atoms with Gasteiger partial charge in [0.05, 0.1) is 11.6 Å². The van der Waals surface area contributed by atoms with Gasteiger partial charge in [0, 0.05) is 29.2 Å². The minimum atomic E-state index is -0.125. The Bertz CT molecular complexity index is 820. The molecule has 0 saturated heterocycles. The van der Waals surface area contributed by atoms with Gasteiger partial charge >= 0.3 is 0 Å². The van der Waals surface area contributed by atoms with E-state index in [0.29, 0.717) is 6.54 Å². The van der Waals surface area contributed by atoms with Crippen molar-refractivity contribution in [2.45, 2.75) is 52.9 Å². The van der Waals surface area contributed by atoms with Gasteiger partial charge in [-0.3, -0.25) is 10.2 Å². The number of nitrogens with one attached hydrogen (secondary N) is 1. The molecule has 26 heavy (non-hydrogen) atoms. The summed E-state index contributed by atoms with van der Waals surface area (Å²) in [7, 11) is 0. The Morgan fingerprint density at radius 2 is 2.12 bits per heavy atom. The van der Waals surface area contributed by atoms with Crippen LogP contribution in [-0.4, -0.2) is 18.2 Å². The molecule has 1 aromatic carbocycles. The van der Waals surface area contributed by atoms with E-state index in [2.05, 4.69) is 28.7 Å². The lowest BCUT2D eigenvalue weighted by Gasteiger charge is -2.18. The number of hydrogen-bond acceptors (Lipinski definition) is 4. The van der Waals surface area contributed by atoms with E-state index >= 15 is 0 Å². The van der Waals surface area contributed by atoms with Gasteiger partial charge in [0.1, 0.15) is 0 Å². The van der Waals surface area contributed by atoms with E-state index in [4.69, 9.17) is 5.73 Å². The van der Waals surface area contributed by atoms with Crippen LogP contribution in [0.4, 0.5) is 11.4 Å². The van der Waals surface area contributed by atoms with Crippen LogP contribution in [0.2, 0.25) is 0 Å². The van der Waals surface area contributed by atoms with E-state index in [1.165, 1.54) is 5.57 Å². The van der Waals surface area contributed by atoms with Crippen molar-refractivity contribution < 1.29 is 4.79 Å². The van der Waals surface area contributed by atoms with Crippen molar-refractivity contribution in [1.82, 2.24) is 5.43 Å². The zero-order valence-electron chi connectivity index (χ0n) is 16.1. The van der Waals surface area contributed by atoms with E-state index in [0.717, 1.165) is 53.2 Å². The third-order valence-electron chi connectivity index (χ3n) is 5.15. The molecule has 3 N–H and O–H groups in total. The Labute approximate surface area is 155 Å². The fraction of sp³-hybridized carbons (Fsp3) is 0.429. The smallest absolute Gasteiger partial charge is 0.234 e. The molecule has 0 aromatic heterocycles. The molecule has 0 saturated carbocycles. The molecule has 1 atom stereocenters. The molecule has 0 aliphatic carbocycles. The number of carbonyl (C=O) groups excluding carboxylic acids is 1. The Morgan fingerprint density at radius 1 is 1.35 bits per heavy atom. The lowest BCUT2D eigenvalue weighted by molar-refractivity contribution is -0.118. The van der Waals surface area contributed by atoms with Gasteiger partial charge in [-0.1, -0.05) is 6.08 Å². The Kier molecular flexibility index (Phi) is 5.16. The molecule has 2 aliphatic rings. The van der Waals surface area contributed by atoms with Crippen LogP contribution in [0, 0.1) is 0 Å². The Hall–Kier alpha value is -2.56. The highest BCUT2D eigenvalue weighted by Gasteiger charge is 2.34. The Balaban J connectivity index is 2.05. The second-order valence-corrected chi connectivity index (χ2v) is 7.12. The van der Waals surface area contributed by atoms with E-state index < -0.39 is 0 Å². The summed E-state index contributed by atoms with van der Waals surface area (Å²) in [5.74, 6) is 0.0291. The molecule has 2 heterocycles. The largest absolute Gasteiger partial charge is 0.398 e. The number of carbonyl (C=O) groups is 1. The predicted molar refractivity (Wildman–Crippen MR) is 109 cm³/mol. The van der Waals surface area contributed by atoms with Gasteiger partial charge in [-0.25, -0.2) is 0 Å². The third kappa shape index (κ3) is 3.39. The molecule has 5 nitrogen and oxygen atoms in total. The number of hydrogen-bond donors (Lipinski definition) is 2. The topological polar surface area (TPSA) is 70.7 Å². The second kappa shape index (κ2) is 7.36. The molecule has 138 valence electrons. The summed E-state index contributed by atoms with van der Waals surface area (Å²) in [5, 5.41) is 4.42. The second-order valence-electron chi connectivity index (χ2n) is 7.12. The highest BCUT2D eigenvalue weighted by atomic mass is 16.2. The summed E-state index contributed by atoms with van der Waals surface area (Å²) >= 11 is 0. The van der Waals surface area contributed by atoms with Gasteiger partial charge in [0.15, 0.2) is 0 Å². The van der Waals surface area contributed by atoms with Crippen molar-refractivity contribution in [1.29, 1.82) is 0 Å². The summed E-state index contributed by atoms with van der Waals surface area (Å²) in [6.07, 6.45) is 7.23. The van der Waals surface area contributed by atoms with Gasteiger partial charge in [0.2, 0.25) is 5.91 Å². The minimum absolute atomic E-state index is 0.125. The number of nitrogen functional groups attached to an aromatic ring is 1. The number of hydrazone groups is 1. The van der Waals surface area contributed by atoms with E-state index in [9.17, 15) is 4.79 Å². The average Bonchev–Trinajstić information content (AvgIpc) is 2.85. The normalized spacial score (nSPS) is 26.8. The quantitative estimate of drug-likeness (QED) is 0.785. The lowest BCUT2D eigenvalue weighted by atomic mass is 9.93. The number of anilines is 2. The molecule has 0 bridgehead atoms. The van der Waals surface area contributed by atoms with Gasteiger partial charge < -0.3 is 10.6 Å². The fourth-order valence-electron chi connectivity index (χ4n) is 3.70. The van der Waals surface area contributed by atoms with Crippen LogP contribution >= 0.6 is 0 Å². The van der Waals surface area contributed by atoms with E-state index in [-0.39, 0.29) is 11.8 Å². The number of allylic oxidation sites excluding steroid dienone is 4. The maximum absolute atomic E-state index is 12.5. The molecule has 0 radical (unpaired) electrons. The number of nitrogens with zero attached hydrogens (tertiary/aromatic N) is 2. The Morgan fingerprint density at radius 3 is 2.85 bits per heavy atom. The highest BCUT2D eigenvalue weighted by molar-refractivity contribution is 6.06. The van der Waals surface area contributed by atoms with E-state index in [1.54, 1.807) is 0 Å². The summed E-state index contributed by atoms with van der Waals surface area (Å²) in [5.41, 5.74) is 16.4. The van der Waals surface area contributed by atoms with Gasteiger partial charge in [-0.15, -0.1) is 0 Å². The van der Waals surface area contributed by atoms with Crippen molar-refractivity contribution in [2.75, 3.05) is 17.2 Å². The SMILES string of the molecule is CCN1C(=O)C(C)c2cc(N)c(/C3=C/C(C)=N/N/C(C)=C/CCC3)cc21. The summed E-state index contributed by atoms with van der Waals surface area (Å²) < 4.78 is 0. The van der Waals surface area contributed by atoms with Crippen LogP contribution in [-0.2, 0) is 4.79 Å². The van der Waals surface area contributed by atoms with Crippen LogP contribution in [0.25, 0.3) is 5.57 Å². The number of likely N-dealkylation sites (N-methyl/N-ethyl adjacent to an activating group) is 1. The van der Waals surface area contributed by atoms with Crippen molar-refractivity contribution in [3.05, 3.63) is 41.1 Å². The molecule has 0 fully saturated rings. The first-order valence-corrected chi connectivity index (χ1v) is 9.35. The molecule has 0 spiro atoms. The number of amides is 1. The summed E-state index contributed by atoms with van der Waals surface area (Å²) in [4.78, 5) is 14.4. The average molecular weight is 352 g/mol.